The van der Waals surface area contributed by atoms with Crippen molar-refractivity contribution in [3.63, 3.8) is 0 Å². The maximum Gasteiger partial charge on any atom is 0.258 e. The monoisotopic (exact) mass is 291 g/mol. The molecule has 0 aliphatic carbocycles. The van der Waals surface area contributed by atoms with Crippen molar-refractivity contribution in [3.8, 4) is 17.0 Å². The number of hydrogen-bond acceptors (Lipinski definition) is 2. The molecule has 2 aromatic carbocycles. The molecule has 0 radical (unpaired) electrons. The Morgan fingerprint density at radius 2 is 1.91 bits per heavy atom. The maximum absolute atomic E-state index is 12.6. The van der Waals surface area contributed by atoms with Crippen LogP contribution in [-0.2, 0) is 7.05 Å². The van der Waals surface area contributed by atoms with Gasteiger partial charge in [-0.2, -0.15) is 0 Å². The normalized spacial score (nSPS) is 10.6. The van der Waals surface area contributed by atoms with Crippen molar-refractivity contribution in [3.05, 3.63) is 71.0 Å². The summed E-state index contributed by atoms with van der Waals surface area (Å²) >= 11 is 0. The fraction of sp³-hybridized carbons (Fsp3) is 0.105. The summed E-state index contributed by atoms with van der Waals surface area (Å²) in [5.74, 6) is 0.768. The van der Waals surface area contributed by atoms with Crippen LogP contribution in [0.2, 0.25) is 0 Å². The molecule has 0 aliphatic rings. The summed E-state index contributed by atoms with van der Waals surface area (Å²) in [6.45, 7) is 3.86. The molecule has 0 amide bonds. The Morgan fingerprint density at radius 1 is 1.14 bits per heavy atom. The lowest BCUT2D eigenvalue weighted by atomic mass is 10.0. The molecule has 0 spiro atoms. The molecule has 0 atom stereocenters. The van der Waals surface area contributed by atoms with E-state index in [1.807, 2.05) is 48.5 Å². The topological polar surface area (TPSA) is 31.2 Å². The van der Waals surface area contributed by atoms with E-state index in [0.717, 1.165) is 33.3 Å². The van der Waals surface area contributed by atoms with E-state index in [1.165, 1.54) is 0 Å². The molecule has 0 N–H and O–H groups in total. The van der Waals surface area contributed by atoms with E-state index >= 15 is 0 Å². The van der Waals surface area contributed by atoms with Crippen LogP contribution in [0.5, 0.6) is 5.75 Å². The third-order valence-electron chi connectivity index (χ3n) is 3.90. The average Bonchev–Trinajstić information content (AvgIpc) is 2.57. The highest BCUT2D eigenvalue weighted by molar-refractivity contribution is 5.87. The predicted molar refractivity (Wildman–Crippen MR) is 91.3 cm³/mol. The summed E-state index contributed by atoms with van der Waals surface area (Å²) in [6, 6.07) is 15.4. The standard InChI is InChI=1S/C19H17NO2/c1-4-13-11-15(22-3)9-10-16(13)18-12-14-7-5-6-8-17(14)19(21)20(18)2/h4-12H,1H2,2-3H3. The average molecular weight is 291 g/mol. The van der Waals surface area contributed by atoms with Gasteiger partial charge in [0.1, 0.15) is 5.75 Å². The molecule has 0 fully saturated rings. The Morgan fingerprint density at radius 3 is 2.64 bits per heavy atom. The fourth-order valence-corrected chi connectivity index (χ4v) is 2.68. The smallest absolute Gasteiger partial charge is 0.258 e. The van der Waals surface area contributed by atoms with Crippen LogP contribution in [0, 0.1) is 0 Å². The van der Waals surface area contributed by atoms with Crippen molar-refractivity contribution in [2.75, 3.05) is 7.11 Å². The van der Waals surface area contributed by atoms with Crippen LogP contribution in [0.25, 0.3) is 28.1 Å². The van der Waals surface area contributed by atoms with Gasteiger partial charge in [0.25, 0.3) is 5.56 Å². The second-order valence-corrected chi connectivity index (χ2v) is 5.14. The third kappa shape index (κ3) is 2.21. The van der Waals surface area contributed by atoms with Gasteiger partial charge in [0.2, 0.25) is 0 Å². The van der Waals surface area contributed by atoms with E-state index in [1.54, 1.807) is 24.8 Å². The Labute approximate surface area is 129 Å². The minimum absolute atomic E-state index is 0.000990. The summed E-state index contributed by atoms with van der Waals surface area (Å²) in [6.07, 6.45) is 1.78. The molecule has 3 aromatic rings. The highest BCUT2D eigenvalue weighted by atomic mass is 16.5. The van der Waals surface area contributed by atoms with Crippen molar-refractivity contribution < 1.29 is 4.74 Å². The minimum atomic E-state index is -0.000990. The molecule has 0 bridgehead atoms. The quantitative estimate of drug-likeness (QED) is 0.734. The van der Waals surface area contributed by atoms with Gasteiger partial charge in [0, 0.05) is 18.0 Å². The molecule has 110 valence electrons. The van der Waals surface area contributed by atoms with Crippen LogP contribution in [0.1, 0.15) is 5.56 Å². The third-order valence-corrected chi connectivity index (χ3v) is 3.90. The van der Waals surface area contributed by atoms with Crippen molar-refractivity contribution in [2.45, 2.75) is 0 Å². The molecule has 22 heavy (non-hydrogen) atoms. The van der Waals surface area contributed by atoms with Crippen LogP contribution in [0.3, 0.4) is 0 Å². The second-order valence-electron chi connectivity index (χ2n) is 5.14. The van der Waals surface area contributed by atoms with Crippen molar-refractivity contribution in [1.82, 2.24) is 4.57 Å². The number of hydrogen-bond donors (Lipinski definition) is 0. The molecule has 0 saturated carbocycles. The zero-order valence-corrected chi connectivity index (χ0v) is 12.7. The molecule has 1 heterocycles. The van der Waals surface area contributed by atoms with Crippen LogP contribution in [0.15, 0.2) is 59.9 Å². The largest absolute Gasteiger partial charge is 0.497 e. The van der Waals surface area contributed by atoms with E-state index in [2.05, 4.69) is 6.58 Å². The number of aromatic nitrogens is 1. The van der Waals surface area contributed by atoms with Crippen molar-refractivity contribution in [1.29, 1.82) is 0 Å². The highest BCUT2D eigenvalue weighted by Gasteiger charge is 2.11. The molecular formula is C19H17NO2. The van der Waals surface area contributed by atoms with E-state index in [9.17, 15) is 4.79 Å². The molecule has 0 saturated heterocycles. The molecule has 0 aliphatic heterocycles. The molecule has 1 aromatic heterocycles. The Bertz CT molecular complexity index is 922. The molecule has 3 heteroatoms. The molecule has 3 rings (SSSR count). The summed E-state index contributed by atoms with van der Waals surface area (Å²) < 4.78 is 6.93. The summed E-state index contributed by atoms with van der Waals surface area (Å²) in [5.41, 5.74) is 2.76. The summed E-state index contributed by atoms with van der Waals surface area (Å²) in [5, 5.41) is 1.66. The van der Waals surface area contributed by atoms with Crippen LogP contribution >= 0.6 is 0 Å². The second kappa shape index (κ2) is 5.53. The zero-order chi connectivity index (χ0) is 15.7. The van der Waals surface area contributed by atoms with Crippen LogP contribution in [0.4, 0.5) is 0 Å². The van der Waals surface area contributed by atoms with Gasteiger partial charge in [-0.1, -0.05) is 30.9 Å². The maximum atomic E-state index is 12.6. The van der Waals surface area contributed by atoms with Gasteiger partial charge in [-0.25, -0.2) is 0 Å². The lowest BCUT2D eigenvalue weighted by Crippen LogP contribution is -2.18. The molecule has 3 nitrogen and oxygen atoms in total. The number of nitrogens with zero attached hydrogens (tertiary/aromatic N) is 1. The van der Waals surface area contributed by atoms with E-state index in [-0.39, 0.29) is 5.56 Å². The lowest BCUT2D eigenvalue weighted by molar-refractivity contribution is 0.415. The Hall–Kier alpha value is -2.81. The zero-order valence-electron chi connectivity index (χ0n) is 12.7. The summed E-state index contributed by atoms with van der Waals surface area (Å²) in [7, 11) is 3.43. The Balaban J connectivity index is 2.33. The molecule has 0 unspecified atom stereocenters. The van der Waals surface area contributed by atoms with Gasteiger partial charge in [0.15, 0.2) is 0 Å². The summed E-state index contributed by atoms with van der Waals surface area (Å²) in [4.78, 5) is 12.6. The highest BCUT2D eigenvalue weighted by Crippen LogP contribution is 2.29. The first-order valence-electron chi connectivity index (χ1n) is 7.05. The minimum Gasteiger partial charge on any atom is -0.497 e. The number of ether oxygens (including phenoxy) is 1. The van der Waals surface area contributed by atoms with Gasteiger partial charge in [0.05, 0.1) is 12.8 Å². The van der Waals surface area contributed by atoms with Crippen molar-refractivity contribution in [2.24, 2.45) is 7.05 Å². The van der Waals surface area contributed by atoms with E-state index in [0.29, 0.717) is 0 Å². The first kappa shape index (κ1) is 14.1. The van der Waals surface area contributed by atoms with Crippen molar-refractivity contribution >= 4 is 16.8 Å². The van der Waals surface area contributed by atoms with Gasteiger partial charge in [-0.3, -0.25) is 4.79 Å². The SMILES string of the molecule is C=Cc1cc(OC)ccc1-c1cc2ccccc2c(=O)n1C. The first-order valence-corrected chi connectivity index (χ1v) is 7.05. The predicted octanol–water partition coefficient (Wildman–Crippen LogP) is 3.86. The number of fused-ring (bicyclic) bond motifs is 1. The fourth-order valence-electron chi connectivity index (χ4n) is 2.68. The van der Waals surface area contributed by atoms with E-state index < -0.39 is 0 Å². The van der Waals surface area contributed by atoms with Gasteiger partial charge in [-0.05, 0) is 41.3 Å². The number of rotatable bonds is 3. The van der Waals surface area contributed by atoms with Crippen LogP contribution in [-0.4, -0.2) is 11.7 Å². The van der Waals surface area contributed by atoms with Gasteiger partial charge >= 0.3 is 0 Å². The van der Waals surface area contributed by atoms with E-state index in [4.69, 9.17) is 4.74 Å². The first-order chi connectivity index (χ1) is 10.7. The number of methoxy groups -OCH3 is 1. The van der Waals surface area contributed by atoms with Gasteiger partial charge < -0.3 is 9.30 Å². The number of benzene rings is 2. The molecular weight excluding hydrogens is 274 g/mol. The number of pyridine rings is 1. The van der Waals surface area contributed by atoms with Crippen LogP contribution < -0.4 is 10.3 Å². The lowest BCUT2D eigenvalue weighted by Gasteiger charge is -2.14. The Kier molecular flexibility index (Phi) is 3.55. The van der Waals surface area contributed by atoms with Gasteiger partial charge in [-0.15, -0.1) is 0 Å².